The molecule has 1 aliphatic heterocycles. The molecule has 1 saturated heterocycles. The largest absolute Gasteiger partial charge is 0.358 e. The van der Waals surface area contributed by atoms with Crippen molar-refractivity contribution in [2.45, 2.75) is 58.9 Å². The van der Waals surface area contributed by atoms with Gasteiger partial charge in [0.15, 0.2) is 5.11 Å². The van der Waals surface area contributed by atoms with Crippen molar-refractivity contribution in [3.8, 4) is 0 Å². The summed E-state index contributed by atoms with van der Waals surface area (Å²) >= 11 is 5.33. The highest BCUT2D eigenvalue weighted by molar-refractivity contribution is 7.80. The minimum absolute atomic E-state index is 0.0818. The Labute approximate surface area is 138 Å². The van der Waals surface area contributed by atoms with Crippen molar-refractivity contribution in [2.75, 3.05) is 23.3 Å². The lowest BCUT2D eigenvalue weighted by Crippen LogP contribution is -2.43. The van der Waals surface area contributed by atoms with Crippen LogP contribution >= 0.6 is 12.2 Å². The van der Waals surface area contributed by atoms with Crippen LogP contribution in [0.15, 0.2) is 6.07 Å². The third-order valence-electron chi connectivity index (χ3n) is 3.48. The van der Waals surface area contributed by atoms with E-state index in [9.17, 15) is 0 Å². The monoisotopic (exact) mass is 321 g/mol. The highest BCUT2D eigenvalue weighted by Gasteiger charge is 2.15. The lowest BCUT2D eigenvalue weighted by Gasteiger charge is -2.24. The van der Waals surface area contributed by atoms with Gasteiger partial charge in [-0.2, -0.15) is 4.98 Å². The smallest absolute Gasteiger partial charge is 0.231 e. The van der Waals surface area contributed by atoms with Gasteiger partial charge in [0.25, 0.3) is 0 Å². The average molecular weight is 321 g/mol. The minimum Gasteiger partial charge on any atom is -0.358 e. The molecule has 22 heavy (non-hydrogen) atoms. The predicted molar refractivity (Wildman–Crippen MR) is 96.6 cm³/mol. The van der Waals surface area contributed by atoms with Crippen LogP contribution in [0.2, 0.25) is 0 Å². The van der Waals surface area contributed by atoms with Crippen molar-refractivity contribution in [3.05, 3.63) is 11.8 Å². The molecule has 0 bridgehead atoms. The van der Waals surface area contributed by atoms with Gasteiger partial charge in [-0.15, -0.1) is 0 Å². The number of nitrogens with one attached hydrogen (secondary N) is 2. The molecule has 1 aromatic heterocycles. The second-order valence-corrected chi connectivity index (χ2v) is 7.33. The van der Waals surface area contributed by atoms with E-state index in [0.29, 0.717) is 11.1 Å². The molecule has 1 aliphatic rings. The molecule has 0 amide bonds. The molecule has 6 heteroatoms. The Balaban J connectivity index is 2.10. The molecule has 0 aliphatic carbocycles. The first kappa shape index (κ1) is 16.9. The van der Waals surface area contributed by atoms with E-state index < -0.39 is 0 Å². The molecule has 5 nitrogen and oxygen atoms in total. The molecule has 122 valence electrons. The normalized spacial score (nSPS) is 16.1. The molecular weight excluding hydrogens is 294 g/mol. The summed E-state index contributed by atoms with van der Waals surface area (Å²) in [5.41, 5.74) is 0.872. The summed E-state index contributed by atoms with van der Waals surface area (Å²) in [5.74, 6) is 1.57. The number of nitrogens with zero attached hydrogens (tertiary/aromatic N) is 3. The maximum atomic E-state index is 5.33. The van der Waals surface area contributed by atoms with E-state index in [4.69, 9.17) is 12.2 Å². The maximum absolute atomic E-state index is 5.33. The Bertz CT molecular complexity index is 516. The van der Waals surface area contributed by atoms with Gasteiger partial charge in [0.2, 0.25) is 5.95 Å². The molecular formula is C16H27N5S. The van der Waals surface area contributed by atoms with E-state index in [2.05, 4.69) is 52.3 Å². The van der Waals surface area contributed by atoms with Gasteiger partial charge in [-0.1, -0.05) is 12.8 Å². The molecule has 0 aromatic carbocycles. The third kappa shape index (κ3) is 5.40. The van der Waals surface area contributed by atoms with Crippen molar-refractivity contribution in [1.29, 1.82) is 0 Å². The maximum Gasteiger partial charge on any atom is 0.231 e. The van der Waals surface area contributed by atoms with E-state index in [1.807, 2.05) is 6.92 Å². The first-order valence-electron chi connectivity index (χ1n) is 8.03. The van der Waals surface area contributed by atoms with E-state index in [1.165, 1.54) is 25.7 Å². The fourth-order valence-electron chi connectivity index (χ4n) is 2.54. The van der Waals surface area contributed by atoms with Crippen molar-refractivity contribution in [3.63, 3.8) is 0 Å². The van der Waals surface area contributed by atoms with Crippen LogP contribution in [0.4, 0.5) is 11.8 Å². The SMILES string of the molecule is Cc1cc(N2CCCCCC2)nc(NC(=S)NC(C)(C)C)n1. The van der Waals surface area contributed by atoms with Crippen molar-refractivity contribution < 1.29 is 0 Å². The Kier molecular flexibility index (Phi) is 5.56. The molecule has 0 atom stereocenters. The van der Waals surface area contributed by atoms with E-state index in [1.54, 1.807) is 0 Å². The predicted octanol–water partition coefficient (Wildman–Crippen LogP) is 3.25. The highest BCUT2D eigenvalue weighted by Crippen LogP contribution is 2.19. The Hall–Kier alpha value is -1.43. The number of aryl methyl sites for hydroxylation is 1. The number of aromatic nitrogens is 2. The Morgan fingerprint density at radius 3 is 2.36 bits per heavy atom. The second-order valence-electron chi connectivity index (χ2n) is 6.92. The first-order valence-corrected chi connectivity index (χ1v) is 8.44. The van der Waals surface area contributed by atoms with Gasteiger partial charge in [-0.05, 0) is 52.8 Å². The van der Waals surface area contributed by atoms with Gasteiger partial charge >= 0.3 is 0 Å². The molecule has 2 rings (SSSR count). The fraction of sp³-hybridized carbons (Fsp3) is 0.688. The molecule has 1 fully saturated rings. The van der Waals surface area contributed by atoms with Crippen LogP contribution in [-0.4, -0.2) is 33.7 Å². The van der Waals surface area contributed by atoms with Gasteiger partial charge in [-0.3, -0.25) is 0 Å². The number of rotatable bonds is 2. The molecule has 0 saturated carbocycles. The van der Waals surface area contributed by atoms with E-state index in [0.717, 1.165) is 24.6 Å². The summed E-state index contributed by atoms with van der Waals surface area (Å²) < 4.78 is 0. The molecule has 2 heterocycles. The van der Waals surface area contributed by atoms with Crippen LogP contribution in [-0.2, 0) is 0 Å². The summed E-state index contributed by atoms with van der Waals surface area (Å²) in [6.07, 6.45) is 5.09. The summed E-state index contributed by atoms with van der Waals surface area (Å²) in [6, 6.07) is 2.05. The molecule has 0 radical (unpaired) electrons. The summed E-state index contributed by atoms with van der Waals surface area (Å²) in [4.78, 5) is 11.4. The number of thiocarbonyl (C=S) groups is 1. The van der Waals surface area contributed by atoms with Gasteiger partial charge in [-0.25, -0.2) is 4.98 Å². The lowest BCUT2D eigenvalue weighted by atomic mass is 10.1. The van der Waals surface area contributed by atoms with Crippen molar-refractivity contribution in [1.82, 2.24) is 15.3 Å². The van der Waals surface area contributed by atoms with Gasteiger partial charge in [0, 0.05) is 30.4 Å². The minimum atomic E-state index is -0.0818. The summed E-state index contributed by atoms with van der Waals surface area (Å²) in [5, 5.41) is 6.88. The van der Waals surface area contributed by atoms with Crippen LogP contribution in [0.3, 0.4) is 0 Å². The number of anilines is 2. The fourth-order valence-corrected chi connectivity index (χ4v) is 2.94. The molecule has 0 spiro atoms. The first-order chi connectivity index (χ1) is 10.3. The second kappa shape index (κ2) is 7.22. The summed E-state index contributed by atoms with van der Waals surface area (Å²) in [6.45, 7) is 10.3. The van der Waals surface area contributed by atoms with Crippen molar-refractivity contribution >= 4 is 29.1 Å². The topological polar surface area (TPSA) is 53.1 Å². The molecule has 0 unspecified atom stereocenters. The van der Waals surface area contributed by atoms with Crippen LogP contribution in [0.25, 0.3) is 0 Å². The molecule has 2 N–H and O–H groups in total. The van der Waals surface area contributed by atoms with Crippen LogP contribution < -0.4 is 15.5 Å². The van der Waals surface area contributed by atoms with Crippen LogP contribution in [0.5, 0.6) is 0 Å². The van der Waals surface area contributed by atoms with Gasteiger partial charge in [0.05, 0.1) is 0 Å². The number of hydrogen-bond donors (Lipinski definition) is 2. The summed E-state index contributed by atoms with van der Waals surface area (Å²) in [7, 11) is 0. The standard InChI is InChI=1S/C16H27N5S/c1-12-11-13(21-9-7-5-6-8-10-21)18-14(17-12)19-15(22)20-16(2,3)4/h11H,5-10H2,1-4H3,(H2,17,18,19,20,22). The van der Waals surface area contributed by atoms with E-state index in [-0.39, 0.29) is 5.54 Å². The number of hydrogen-bond acceptors (Lipinski definition) is 4. The lowest BCUT2D eigenvalue weighted by molar-refractivity contribution is 0.514. The Morgan fingerprint density at radius 2 is 1.77 bits per heavy atom. The van der Waals surface area contributed by atoms with E-state index >= 15 is 0 Å². The van der Waals surface area contributed by atoms with Gasteiger partial charge < -0.3 is 15.5 Å². The highest BCUT2D eigenvalue weighted by atomic mass is 32.1. The zero-order chi connectivity index (χ0) is 16.2. The Morgan fingerprint density at radius 1 is 1.14 bits per heavy atom. The quantitative estimate of drug-likeness (QED) is 0.816. The zero-order valence-electron chi connectivity index (χ0n) is 14.1. The zero-order valence-corrected chi connectivity index (χ0v) is 14.9. The van der Waals surface area contributed by atoms with Gasteiger partial charge in [0.1, 0.15) is 5.82 Å². The van der Waals surface area contributed by atoms with Crippen LogP contribution in [0.1, 0.15) is 52.1 Å². The third-order valence-corrected chi connectivity index (χ3v) is 3.69. The average Bonchev–Trinajstić information content (AvgIpc) is 2.64. The van der Waals surface area contributed by atoms with Crippen molar-refractivity contribution in [2.24, 2.45) is 0 Å². The molecule has 1 aromatic rings. The van der Waals surface area contributed by atoms with Crippen LogP contribution in [0, 0.1) is 6.92 Å².